The molecular weight excluding hydrogens is 337 g/mol. The highest BCUT2D eigenvalue weighted by atomic mass is 35.5. The molecule has 22 heavy (non-hydrogen) atoms. The fourth-order valence-corrected chi connectivity index (χ4v) is 4.56. The molecule has 1 atom stereocenters. The Morgan fingerprint density at radius 2 is 1.73 bits per heavy atom. The van der Waals surface area contributed by atoms with Gasteiger partial charge in [-0.25, -0.2) is 0 Å². The van der Waals surface area contributed by atoms with Crippen molar-refractivity contribution >= 4 is 40.9 Å². The van der Waals surface area contributed by atoms with E-state index in [-0.39, 0.29) is 11.3 Å². The molecule has 0 radical (unpaired) electrons. The minimum Gasteiger partial charge on any atom is -0.314 e. The Morgan fingerprint density at radius 1 is 1.18 bits per heavy atom. The number of nitrogens with zero attached hydrogens (tertiary/aromatic N) is 1. The van der Waals surface area contributed by atoms with Gasteiger partial charge in [0.25, 0.3) is 5.91 Å². The molecule has 0 bridgehead atoms. The van der Waals surface area contributed by atoms with Gasteiger partial charge in [-0.1, -0.05) is 30.1 Å². The van der Waals surface area contributed by atoms with Crippen LogP contribution in [0.1, 0.15) is 40.2 Å². The predicted octanol–water partition coefficient (Wildman–Crippen LogP) is 5.49. The van der Waals surface area contributed by atoms with Crippen molar-refractivity contribution in [3.63, 3.8) is 0 Å². The number of carbonyl (C=O) groups excluding carboxylic acids is 1. The van der Waals surface area contributed by atoms with Crippen molar-refractivity contribution in [3.8, 4) is 0 Å². The van der Waals surface area contributed by atoms with Crippen LogP contribution in [0.3, 0.4) is 0 Å². The van der Waals surface area contributed by atoms with Gasteiger partial charge in [0.15, 0.2) is 0 Å². The molecule has 0 spiro atoms. The van der Waals surface area contributed by atoms with Crippen LogP contribution in [0.2, 0.25) is 10.0 Å². The standard InChI is InChI=1S/C17H21Cl2NOS/c1-6-22-16-11(3)10(2)15(21)20(16)17(4,5)12-7-13(18)9-14(19)8-12/h7-9,16H,6H2,1-5H3. The Balaban J connectivity index is 2.49. The molecule has 0 N–H and O–H groups in total. The highest BCUT2D eigenvalue weighted by Crippen LogP contribution is 2.42. The molecule has 1 aromatic carbocycles. The van der Waals surface area contributed by atoms with Crippen molar-refractivity contribution in [3.05, 3.63) is 45.0 Å². The third kappa shape index (κ3) is 3.04. The van der Waals surface area contributed by atoms with Crippen LogP contribution in [-0.4, -0.2) is 21.9 Å². The normalized spacial score (nSPS) is 19.3. The maximum atomic E-state index is 12.8. The lowest BCUT2D eigenvalue weighted by atomic mass is 9.92. The molecule has 0 aromatic heterocycles. The Labute approximate surface area is 146 Å². The molecule has 0 fully saturated rings. The predicted molar refractivity (Wildman–Crippen MR) is 96.6 cm³/mol. The second-order valence-electron chi connectivity index (χ2n) is 6.01. The van der Waals surface area contributed by atoms with Gasteiger partial charge in [0, 0.05) is 15.6 Å². The summed E-state index contributed by atoms with van der Waals surface area (Å²) in [5.74, 6) is 1.04. The van der Waals surface area contributed by atoms with Crippen LogP contribution in [-0.2, 0) is 10.3 Å². The number of carbonyl (C=O) groups is 1. The summed E-state index contributed by atoms with van der Waals surface area (Å²) in [7, 11) is 0. The summed E-state index contributed by atoms with van der Waals surface area (Å²) in [5, 5.41) is 1.23. The highest BCUT2D eigenvalue weighted by molar-refractivity contribution is 8.00. The molecule has 2 nitrogen and oxygen atoms in total. The minimum absolute atomic E-state index is 0.0604. The molecule has 0 aliphatic carbocycles. The van der Waals surface area contributed by atoms with Crippen LogP contribution >= 0.6 is 35.0 Å². The number of thioether (sulfide) groups is 1. The summed E-state index contributed by atoms with van der Waals surface area (Å²) in [4.78, 5) is 14.7. The van der Waals surface area contributed by atoms with Gasteiger partial charge in [-0.2, -0.15) is 0 Å². The summed E-state index contributed by atoms with van der Waals surface area (Å²) >= 11 is 14.1. The average Bonchev–Trinajstić information content (AvgIpc) is 2.63. The van der Waals surface area contributed by atoms with E-state index in [2.05, 4.69) is 6.92 Å². The van der Waals surface area contributed by atoms with Crippen molar-refractivity contribution < 1.29 is 4.79 Å². The van der Waals surface area contributed by atoms with E-state index in [0.29, 0.717) is 10.0 Å². The molecular formula is C17H21Cl2NOS. The smallest absolute Gasteiger partial charge is 0.251 e. The average molecular weight is 358 g/mol. The summed E-state index contributed by atoms with van der Waals surface area (Å²) in [5.41, 5.74) is 2.44. The first-order chi connectivity index (χ1) is 10.2. The van der Waals surface area contributed by atoms with E-state index in [1.807, 2.05) is 44.7 Å². The number of hydrogen-bond acceptors (Lipinski definition) is 2. The molecule has 1 aliphatic heterocycles. The zero-order valence-corrected chi connectivity index (χ0v) is 15.9. The third-order valence-electron chi connectivity index (χ3n) is 4.23. The van der Waals surface area contributed by atoms with Crippen LogP contribution in [0.25, 0.3) is 0 Å². The van der Waals surface area contributed by atoms with E-state index in [1.165, 1.54) is 0 Å². The van der Waals surface area contributed by atoms with Gasteiger partial charge in [-0.15, -0.1) is 11.8 Å². The zero-order chi connectivity index (χ0) is 16.7. The van der Waals surface area contributed by atoms with E-state index < -0.39 is 5.54 Å². The van der Waals surface area contributed by atoms with Crippen LogP contribution < -0.4 is 0 Å². The maximum Gasteiger partial charge on any atom is 0.251 e. The molecule has 0 saturated carbocycles. The lowest BCUT2D eigenvalue weighted by Gasteiger charge is -2.41. The van der Waals surface area contributed by atoms with Gasteiger partial charge in [-0.3, -0.25) is 4.79 Å². The Kier molecular flexibility index (Phi) is 5.20. The lowest BCUT2D eigenvalue weighted by molar-refractivity contribution is -0.131. The van der Waals surface area contributed by atoms with Gasteiger partial charge in [0.2, 0.25) is 0 Å². The quantitative estimate of drug-likeness (QED) is 0.710. The van der Waals surface area contributed by atoms with Gasteiger partial charge in [0.05, 0.1) is 5.54 Å². The Morgan fingerprint density at radius 3 is 2.23 bits per heavy atom. The van der Waals surface area contributed by atoms with Crippen LogP contribution in [0.15, 0.2) is 29.3 Å². The summed E-state index contributed by atoms with van der Waals surface area (Å²) in [6, 6.07) is 5.48. The van der Waals surface area contributed by atoms with Crippen molar-refractivity contribution in [2.45, 2.75) is 45.5 Å². The summed E-state index contributed by atoms with van der Waals surface area (Å²) in [6.07, 6.45) is 0. The van der Waals surface area contributed by atoms with E-state index in [4.69, 9.17) is 23.2 Å². The van der Waals surface area contributed by atoms with E-state index in [1.54, 1.807) is 17.8 Å². The first-order valence-corrected chi connectivity index (χ1v) is 9.09. The monoisotopic (exact) mass is 357 g/mol. The van der Waals surface area contributed by atoms with Crippen molar-refractivity contribution in [1.82, 2.24) is 4.90 Å². The third-order valence-corrected chi connectivity index (χ3v) is 5.88. The van der Waals surface area contributed by atoms with Crippen molar-refractivity contribution in [2.75, 3.05) is 5.75 Å². The Bertz CT molecular complexity index is 619. The number of hydrogen-bond donors (Lipinski definition) is 0. The van der Waals surface area contributed by atoms with Crippen molar-refractivity contribution in [1.29, 1.82) is 0 Å². The molecule has 1 heterocycles. The summed E-state index contributed by atoms with van der Waals surface area (Å²) in [6.45, 7) is 10.1. The first kappa shape index (κ1) is 17.7. The van der Waals surface area contributed by atoms with Gasteiger partial charge in [0.1, 0.15) is 5.37 Å². The number of halogens is 2. The van der Waals surface area contributed by atoms with Gasteiger partial charge in [-0.05, 0) is 62.8 Å². The number of benzene rings is 1. The fraction of sp³-hybridized carbons (Fsp3) is 0.471. The van der Waals surface area contributed by atoms with Gasteiger partial charge < -0.3 is 4.90 Å². The molecule has 5 heteroatoms. The fourth-order valence-electron chi connectivity index (χ4n) is 2.79. The SMILES string of the molecule is CCSC1C(C)=C(C)C(=O)N1C(C)(C)c1cc(Cl)cc(Cl)c1. The van der Waals surface area contributed by atoms with E-state index >= 15 is 0 Å². The van der Waals surface area contributed by atoms with E-state index in [0.717, 1.165) is 22.5 Å². The summed E-state index contributed by atoms with van der Waals surface area (Å²) < 4.78 is 0. The molecule has 2 rings (SSSR count). The first-order valence-electron chi connectivity index (χ1n) is 7.29. The molecule has 1 aromatic rings. The zero-order valence-electron chi connectivity index (χ0n) is 13.5. The largest absolute Gasteiger partial charge is 0.314 e. The molecule has 0 saturated heterocycles. The van der Waals surface area contributed by atoms with E-state index in [9.17, 15) is 4.79 Å². The van der Waals surface area contributed by atoms with Crippen LogP contribution in [0.4, 0.5) is 0 Å². The highest BCUT2D eigenvalue weighted by Gasteiger charge is 2.44. The van der Waals surface area contributed by atoms with Crippen LogP contribution in [0.5, 0.6) is 0 Å². The minimum atomic E-state index is -0.489. The van der Waals surface area contributed by atoms with Gasteiger partial charge >= 0.3 is 0 Å². The number of amides is 1. The maximum absolute atomic E-state index is 12.8. The molecule has 1 amide bonds. The topological polar surface area (TPSA) is 20.3 Å². The lowest BCUT2D eigenvalue weighted by Crippen LogP contribution is -2.47. The molecule has 1 unspecified atom stereocenters. The Hall–Kier alpha value is -0.640. The second kappa shape index (κ2) is 6.46. The van der Waals surface area contributed by atoms with Crippen LogP contribution in [0, 0.1) is 0 Å². The molecule has 120 valence electrons. The molecule has 1 aliphatic rings. The van der Waals surface area contributed by atoms with Crippen molar-refractivity contribution in [2.24, 2.45) is 0 Å². The second-order valence-corrected chi connectivity index (χ2v) is 8.24. The number of rotatable bonds is 4.